The molecule has 2 heterocycles. The summed E-state index contributed by atoms with van der Waals surface area (Å²) in [5.74, 6) is 0. The normalized spacial score (nSPS) is 76.5. The largest absolute Gasteiger partial charge is 1.00 e. The van der Waals surface area contributed by atoms with Crippen molar-refractivity contribution in [1.29, 1.82) is 0 Å². The number of hydrogen-bond donors (Lipinski definition) is 0. The maximum absolute atomic E-state index is 11.4. The predicted octanol–water partition coefficient (Wildman–Crippen LogP) is -3.91. The van der Waals surface area contributed by atoms with Gasteiger partial charge in [0.05, 0.1) is 0 Å². The second-order valence-corrected chi connectivity index (χ2v) is 3.75. The molecule has 0 amide bonds. The van der Waals surface area contributed by atoms with E-state index in [4.69, 9.17) is 5.48 Å². The van der Waals surface area contributed by atoms with Crippen LogP contribution < -0.4 is 34.5 Å². The second-order valence-electron chi connectivity index (χ2n) is 1.85. The molecule has 4 unspecified atom stereocenters. The van der Waals surface area contributed by atoms with Crippen molar-refractivity contribution in [2.24, 2.45) is 0 Å². The molecule has 6 heteroatoms. The molecular formula is C4H8N2NaO2P. The van der Waals surface area contributed by atoms with Gasteiger partial charge in [0, 0.05) is 31.6 Å². The van der Waals surface area contributed by atoms with Gasteiger partial charge in [-0.3, -0.25) is 0 Å². The van der Waals surface area contributed by atoms with Crippen LogP contribution in [0.3, 0.4) is 0 Å². The average Bonchev–Trinajstić information content (AvgIpc) is 2.77. The van der Waals surface area contributed by atoms with Gasteiger partial charge in [-0.2, -0.15) is 0 Å². The molecule has 0 aromatic rings. The van der Waals surface area contributed by atoms with E-state index < -0.39 is 33.8 Å². The predicted molar refractivity (Wildman–Crippen MR) is 30.8 cm³/mol. The fraction of sp³-hybridized carbons (Fsp3) is 1.00. The van der Waals surface area contributed by atoms with Crippen LogP contribution in [-0.2, 0) is 4.57 Å². The Morgan fingerprint density at radius 2 is 1.60 bits per heavy atom. The first-order valence-corrected chi connectivity index (χ1v) is 3.99. The number of hydrogen-bond acceptors (Lipinski definition) is 2. The van der Waals surface area contributed by atoms with Gasteiger partial charge in [-0.1, -0.05) is 0 Å². The third-order valence-corrected chi connectivity index (χ3v) is 2.85. The Labute approximate surface area is 87.7 Å². The molecule has 4 atom stereocenters. The maximum Gasteiger partial charge on any atom is 1.00 e. The van der Waals surface area contributed by atoms with E-state index in [-0.39, 0.29) is 29.6 Å². The summed E-state index contributed by atoms with van der Waals surface area (Å²) >= 11 is 0. The van der Waals surface area contributed by atoms with Crippen LogP contribution in [-0.4, -0.2) is 35.4 Å². The van der Waals surface area contributed by atoms with Crippen molar-refractivity contribution in [1.82, 2.24) is 9.34 Å². The summed E-state index contributed by atoms with van der Waals surface area (Å²) in [5.41, 5.74) is 0. The van der Waals surface area contributed by atoms with Gasteiger partial charge in [-0.25, -0.2) is 9.34 Å². The first kappa shape index (κ1) is 4.97. The van der Waals surface area contributed by atoms with Crippen molar-refractivity contribution in [3.8, 4) is 0 Å². The zero-order chi connectivity index (χ0) is 9.96. The molecule has 0 aromatic carbocycles. The molecule has 52 valence electrons. The van der Waals surface area contributed by atoms with Crippen molar-refractivity contribution in [2.75, 3.05) is 26.1 Å². The van der Waals surface area contributed by atoms with Crippen LogP contribution >= 0.6 is 7.67 Å². The van der Waals surface area contributed by atoms with Crippen LogP contribution in [0.2, 0.25) is 0 Å². The van der Waals surface area contributed by atoms with E-state index in [1.165, 1.54) is 0 Å². The Bertz CT molecular complexity index is 257. The minimum absolute atomic E-state index is 0. The molecule has 0 spiro atoms. The van der Waals surface area contributed by atoms with Crippen LogP contribution in [0.5, 0.6) is 0 Å². The van der Waals surface area contributed by atoms with E-state index in [0.717, 1.165) is 0 Å². The van der Waals surface area contributed by atoms with Crippen LogP contribution in [0, 0.1) is 0 Å². The average molecular weight is 174 g/mol. The Kier molecular flexibility index (Phi) is 1.43. The molecule has 0 N–H and O–H groups in total. The van der Waals surface area contributed by atoms with Gasteiger partial charge in [0.1, 0.15) is 7.67 Å². The van der Waals surface area contributed by atoms with Gasteiger partial charge in [0.15, 0.2) is 0 Å². The number of nitrogens with zero attached hydrogens (tertiary/aromatic N) is 2. The standard InChI is InChI=1S/C4H9N2O2P.Na/c7-9(8,5-1-2-5)6-3-4-6;/h1-4H2,(H,7,8);/q;+1/p-1/i1D,2D,3D,4D;. The van der Waals surface area contributed by atoms with E-state index in [1.807, 2.05) is 0 Å². The van der Waals surface area contributed by atoms with Gasteiger partial charge >= 0.3 is 29.6 Å². The monoisotopic (exact) mass is 174 g/mol. The fourth-order valence-corrected chi connectivity index (χ4v) is 1.55. The Hall–Kier alpha value is 1.11. The van der Waals surface area contributed by atoms with Crippen molar-refractivity contribution in [3.63, 3.8) is 0 Å². The zero-order valence-corrected chi connectivity index (χ0v) is 8.36. The second kappa shape index (κ2) is 2.87. The van der Waals surface area contributed by atoms with E-state index in [2.05, 4.69) is 0 Å². The third-order valence-electron chi connectivity index (χ3n) is 1.15. The molecular weight excluding hydrogens is 162 g/mol. The minimum atomic E-state index is -4.17. The SMILES string of the molecule is [2H]C1C([2H])N1P(=O)([O-])N1C([2H])C1[2H].[Na+]. The third kappa shape index (κ3) is 1.64. The molecule has 2 rings (SSSR count). The molecule has 0 saturated carbocycles. The minimum Gasteiger partial charge on any atom is -0.776 e. The van der Waals surface area contributed by atoms with Gasteiger partial charge in [0.25, 0.3) is 0 Å². The number of rotatable bonds is 2. The van der Waals surface area contributed by atoms with E-state index >= 15 is 0 Å². The summed E-state index contributed by atoms with van der Waals surface area (Å²) in [6.45, 7) is -4.21. The summed E-state index contributed by atoms with van der Waals surface area (Å²) in [4.78, 5) is 11.4. The Morgan fingerprint density at radius 1 is 1.30 bits per heavy atom. The zero-order valence-electron chi connectivity index (χ0n) is 9.47. The van der Waals surface area contributed by atoms with Crippen LogP contribution in [0.1, 0.15) is 5.48 Å². The molecule has 2 saturated heterocycles. The summed E-state index contributed by atoms with van der Waals surface area (Å²) in [5, 5.41) is 0. The van der Waals surface area contributed by atoms with Crippen molar-refractivity contribution < 1.29 is 44.5 Å². The molecule has 0 bridgehead atoms. The topological polar surface area (TPSA) is 46.1 Å². The van der Waals surface area contributed by atoms with Gasteiger partial charge in [-0.15, -0.1) is 0 Å². The molecule has 4 nitrogen and oxygen atoms in total. The molecule has 0 aromatic heterocycles. The molecule has 2 aliphatic rings. The quantitative estimate of drug-likeness (QED) is 0.244. The maximum atomic E-state index is 11.4. The van der Waals surface area contributed by atoms with Gasteiger partial charge in [-0.05, 0) is 0 Å². The smallest absolute Gasteiger partial charge is 0.776 e. The van der Waals surface area contributed by atoms with Crippen LogP contribution in [0.4, 0.5) is 0 Å². The molecule has 2 aliphatic heterocycles. The summed E-state index contributed by atoms with van der Waals surface area (Å²) in [7, 11) is -4.17. The van der Waals surface area contributed by atoms with Crippen molar-refractivity contribution in [3.05, 3.63) is 0 Å². The van der Waals surface area contributed by atoms with Crippen LogP contribution in [0.15, 0.2) is 0 Å². The molecule has 0 radical (unpaired) electrons. The molecule has 2 fully saturated rings. The van der Waals surface area contributed by atoms with Crippen LogP contribution in [0.25, 0.3) is 0 Å². The molecule has 10 heavy (non-hydrogen) atoms. The summed E-state index contributed by atoms with van der Waals surface area (Å²) in [6.07, 6.45) is 0. The first-order chi connectivity index (χ1) is 5.89. The summed E-state index contributed by atoms with van der Waals surface area (Å²) in [6, 6.07) is 0. The Morgan fingerprint density at radius 3 is 1.80 bits per heavy atom. The van der Waals surface area contributed by atoms with E-state index in [0.29, 0.717) is 9.34 Å². The van der Waals surface area contributed by atoms with Gasteiger partial charge < -0.3 is 9.46 Å². The van der Waals surface area contributed by atoms with E-state index in [1.54, 1.807) is 0 Å². The van der Waals surface area contributed by atoms with Gasteiger partial charge in [0.2, 0.25) is 0 Å². The molecule has 0 aliphatic carbocycles. The Balaban J connectivity index is 0.000000980. The summed E-state index contributed by atoms with van der Waals surface area (Å²) < 4.78 is 41.1. The first-order valence-electron chi connectivity index (χ1n) is 4.77. The fourth-order valence-electron chi connectivity index (χ4n) is 0.516. The van der Waals surface area contributed by atoms with E-state index in [9.17, 15) is 9.46 Å². The van der Waals surface area contributed by atoms with Crippen molar-refractivity contribution in [2.45, 2.75) is 0 Å². The van der Waals surface area contributed by atoms with Crippen molar-refractivity contribution >= 4 is 7.67 Å².